The maximum absolute atomic E-state index is 12.8. The molecule has 5 rings (SSSR count). The van der Waals surface area contributed by atoms with Gasteiger partial charge in [0.2, 0.25) is 5.69 Å². The van der Waals surface area contributed by atoms with Gasteiger partial charge in [0.25, 0.3) is 0 Å². The van der Waals surface area contributed by atoms with E-state index in [0.29, 0.717) is 21.3 Å². The van der Waals surface area contributed by atoms with Crippen LogP contribution in [0.15, 0.2) is 67.0 Å². The molecular weight excluding hydrogens is 593 g/mol. The van der Waals surface area contributed by atoms with Crippen LogP contribution in [0.5, 0.6) is 11.5 Å². The number of hydrogen-bond donors (Lipinski definition) is 1. The van der Waals surface area contributed by atoms with Gasteiger partial charge in [0.05, 0.1) is 22.2 Å². The molecule has 4 nitrogen and oxygen atoms in total. The molecule has 1 aliphatic rings. The van der Waals surface area contributed by atoms with E-state index in [9.17, 15) is 26.3 Å². The summed E-state index contributed by atoms with van der Waals surface area (Å²) in [5.74, 6) is -0.965. The van der Waals surface area contributed by atoms with Gasteiger partial charge in [-0.1, -0.05) is 59.6 Å². The van der Waals surface area contributed by atoms with E-state index in [1.807, 2.05) is 32.2 Å². The maximum Gasteiger partial charge on any atom is 0.586 e. The molecule has 0 bridgehead atoms. The molecule has 1 N–H and O–H groups in total. The van der Waals surface area contributed by atoms with Gasteiger partial charge in [0, 0.05) is 6.20 Å². The minimum atomic E-state index is -4.60. The van der Waals surface area contributed by atoms with E-state index in [-0.39, 0.29) is 17.1 Å². The van der Waals surface area contributed by atoms with Crippen LogP contribution in [0.25, 0.3) is 4.85 Å². The Kier molecular flexibility index (Phi) is 11.6. The number of nitrogens with one attached hydrogen (secondary N) is 1. The zero-order valence-corrected chi connectivity index (χ0v) is 23.7. The lowest BCUT2D eigenvalue weighted by Gasteiger charge is -2.08. The summed E-state index contributed by atoms with van der Waals surface area (Å²) in [5, 5.41) is 1.27. The van der Waals surface area contributed by atoms with Crippen molar-refractivity contribution in [2.45, 2.75) is 40.2 Å². The van der Waals surface area contributed by atoms with Crippen LogP contribution >= 0.6 is 23.2 Å². The third-order valence-corrected chi connectivity index (χ3v) is 6.23. The monoisotopic (exact) mass is 616 g/mol. The molecule has 41 heavy (non-hydrogen) atoms. The summed E-state index contributed by atoms with van der Waals surface area (Å²) in [6, 6.07) is 13.6. The SMILES string of the molecule is Cc1cccc(C(F)(F)F)c1F.Cc1cccc(Cl)c1Cl.Cc1cccc2c1OC(F)(F)O2.[C-]#[N+]c1c[nH]cc1C. The summed E-state index contributed by atoms with van der Waals surface area (Å²) in [7, 11) is 0. The lowest BCUT2D eigenvalue weighted by Crippen LogP contribution is -2.26. The van der Waals surface area contributed by atoms with Crippen molar-refractivity contribution in [3.63, 3.8) is 0 Å². The minimum absolute atomic E-state index is 0.00447. The average molecular weight is 617 g/mol. The molecule has 1 aliphatic heterocycles. The van der Waals surface area contributed by atoms with Crippen molar-refractivity contribution in [1.29, 1.82) is 0 Å². The molecular formula is C29H24Cl2F6N2O2. The normalized spacial score (nSPS) is 12.5. The summed E-state index contributed by atoms with van der Waals surface area (Å²) < 4.78 is 82.2. The highest BCUT2D eigenvalue weighted by atomic mass is 35.5. The number of para-hydroxylation sites is 1. The molecule has 218 valence electrons. The fourth-order valence-electron chi connectivity index (χ4n) is 3.14. The molecule has 3 aromatic carbocycles. The van der Waals surface area contributed by atoms with Gasteiger partial charge in [-0.2, -0.15) is 13.2 Å². The number of halogens is 8. The summed E-state index contributed by atoms with van der Waals surface area (Å²) in [6.45, 7) is 13.4. The molecule has 0 saturated heterocycles. The fraction of sp³-hybridized carbons (Fsp3) is 0.207. The Labute approximate surface area is 243 Å². The average Bonchev–Trinajstić information content (AvgIpc) is 3.46. The number of aromatic nitrogens is 1. The van der Waals surface area contributed by atoms with Gasteiger partial charge in [-0.25, -0.2) is 9.24 Å². The standard InChI is InChI=1S/C8H6F4.C8H6F2O2.C7H6Cl2.C6H6N2/c1-5-3-2-4-6(7(5)9)8(10,11)12;1-5-3-2-4-6-7(5)12-8(9,10)11-6;1-5-3-2-4-6(8)7(5)9;1-5-3-8-4-6(5)7-2/h2*2-4H,1H3;2-4H,1H3;3-4,8H,1H3. The van der Waals surface area contributed by atoms with Gasteiger partial charge in [0.1, 0.15) is 5.82 Å². The largest absolute Gasteiger partial charge is 0.586 e. The van der Waals surface area contributed by atoms with Crippen molar-refractivity contribution in [2.24, 2.45) is 0 Å². The van der Waals surface area contributed by atoms with Gasteiger partial charge >= 0.3 is 12.5 Å². The number of nitrogens with zero attached hydrogens (tertiary/aromatic N) is 1. The summed E-state index contributed by atoms with van der Waals surface area (Å²) >= 11 is 11.4. The Bertz CT molecular complexity index is 1490. The number of aryl methyl sites for hydroxylation is 4. The number of aromatic amines is 1. The summed E-state index contributed by atoms with van der Waals surface area (Å²) in [5.41, 5.74) is 2.19. The number of alkyl halides is 5. The number of rotatable bonds is 0. The highest BCUT2D eigenvalue weighted by molar-refractivity contribution is 6.42. The third-order valence-electron chi connectivity index (χ3n) is 5.31. The van der Waals surface area contributed by atoms with Gasteiger partial charge in [0.15, 0.2) is 11.5 Å². The first-order valence-electron chi connectivity index (χ1n) is 11.7. The Morgan fingerprint density at radius 1 is 0.805 bits per heavy atom. The topological polar surface area (TPSA) is 38.6 Å². The molecule has 4 aromatic rings. The first kappa shape index (κ1) is 33.4. The minimum Gasteiger partial charge on any atom is -0.395 e. The molecule has 0 saturated carbocycles. The summed E-state index contributed by atoms with van der Waals surface area (Å²) in [6.07, 6.45) is -4.60. The Morgan fingerprint density at radius 2 is 1.39 bits per heavy atom. The Balaban J connectivity index is 0.000000194. The molecule has 0 aliphatic carbocycles. The van der Waals surface area contributed by atoms with Crippen molar-refractivity contribution in [3.8, 4) is 11.5 Å². The second-order valence-corrected chi connectivity index (χ2v) is 9.30. The lowest BCUT2D eigenvalue weighted by atomic mass is 10.1. The number of ether oxygens (including phenoxy) is 2. The van der Waals surface area contributed by atoms with E-state index in [0.717, 1.165) is 17.2 Å². The van der Waals surface area contributed by atoms with Crippen LogP contribution in [0.1, 0.15) is 27.8 Å². The van der Waals surface area contributed by atoms with Crippen molar-refractivity contribution in [3.05, 3.63) is 122 Å². The third kappa shape index (κ3) is 9.66. The van der Waals surface area contributed by atoms with E-state index < -0.39 is 23.9 Å². The second kappa shape index (κ2) is 14.2. The lowest BCUT2D eigenvalue weighted by molar-refractivity contribution is -0.286. The zero-order chi connectivity index (χ0) is 31.0. The van der Waals surface area contributed by atoms with Gasteiger partial charge < -0.3 is 14.5 Å². The zero-order valence-electron chi connectivity index (χ0n) is 22.1. The molecule has 0 fully saturated rings. The molecule has 0 unspecified atom stereocenters. The predicted octanol–water partition coefficient (Wildman–Crippen LogP) is 10.6. The quantitative estimate of drug-likeness (QED) is 0.158. The summed E-state index contributed by atoms with van der Waals surface area (Å²) in [4.78, 5) is 6.08. The molecule has 0 spiro atoms. The van der Waals surface area contributed by atoms with Crippen LogP contribution in [-0.2, 0) is 6.18 Å². The van der Waals surface area contributed by atoms with Crippen LogP contribution in [0.4, 0.5) is 32.0 Å². The van der Waals surface area contributed by atoms with Gasteiger partial charge in [-0.15, -0.1) is 8.78 Å². The van der Waals surface area contributed by atoms with Gasteiger partial charge in [-0.3, -0.25) is 0 Å². The van der Waals surface area contributed by atoms with Crippen molar-refractivity contribution < 1.29 is 35.8 Å². The first-order chi connectivity index (χ1) is 19.1. The van der Waals surface area contributed by atoms with Crippen molar-refractivity contribution >= 4 is 28.9 Å². The van der Waals surface area contributed by atoms with E-state index in [4.69, 9.17) is 29.8 Å². The fourth-order valence-corrected chi connectivity index (χ4v) is 3.48. The first-order valence-corrected chi connectivity index (χ1v) is 12.4. The highest BCUT2D eigenvalue weighted by Gasteiger charge is 2.43. The van der Waals surface area contributed by atoms with E-state index >= 15 is 0 Å². The Morgan fingerprint density at radius 3 is 1.85 bits per heavy atom. The maximum atomic E-state index is 12.8. The van der Waals surface area contributed by atoms with Crippen LogP contribution in [0.2, 0.25) is 10.0 Å². The van der Waals surface area contributed by atoms with Crippen LogP contribution < -0.4 is 9.47 Å². The molecule has 0 atom stereocenters. The molecule has 2 heterocycles. The molecule has 0 radical (unpaired) electrons. The van der Waals surface area contributed by atoms with E-state index in [2.05, 4.69) is 19.3 Å². The molecule has 0 amide bonds. The number of H-pyrrole nitrogens is 1. The highest BCUT2D eigenvalue weighted by Crippen LogP contribution is 2.42. The van der Waals surface area contributed by atoms with Gasteiger partial charge in [-0.05, 0) is 74.3 Å². The van der Waals surface area contributed by atoms with Crippen LogP contribution in [-0.4, -0.2) is 11.3 Å². The number of hydrogen-bond acceptors (Lipinski definition) is 2. The smallest absolute Gasteiger partial charge is 0.395 e. The van der Waals surface area contributed by atoms with E-state index in [1.165, 1.54) is 25.1 Å². The second-order valence-electron chi connectivity index (χ2n) is 8.51. The van der Waals surface area contributed by atoms with Crippen LogP contribution in [0, 0.1) is 40.1 Å². The number of fused-ring (bicyclic) bond motifs is 1. The van der Waals surface area contributed by atoms with Crippen molar-refractivity contribution in [1.82, 2.24) is 4.98 Å². The number of benzene rings is 3. The van der Waals surface area contributed by atoms with E-state index in [1.54, 1.807) is 31.3 Å². The predicted molar refractivity (Wildman–Crippen MR) is 147 cm³/mol. The molecule has 1 aromatic heterocycles. The Hall–Kier alpha value is -3.81. The van der Waals surface area contributed by atoms with Crippen molar-refractivity contribution in [2.75, 3.05) is 0 Å². The molecule has 12 heteroatoms. The van der Waals surface area contributed by atoms with Crippen LogP contribution in [0.3, 0.4) is 0 Å².